The van der Waals surface area contributed by atoms with Gasteiger partial charge in [0.1, 0.15) is 23.4 Å². The van der Waals surface area contributed by atoms with Crippen LogP contribution in [0.5, 0.6) is 5.75 Å². The summed E-state index contributed by atoms with van der Waals surface area (Å²) in [5.41, 5.74) is 1.01. The Kier molecular flexibility index (Phi) is 7.28. The summed E-state index contributed by atoms with van der Waals surface area (Å²) in [6.45, 7) is 0.872. The van der Waals surface area contributed by atoms with E-state index < -0.39 is 0 Å². The van der Waals surface area contributed by atoms with Crippen LogP contribution in [-0.4, -0.2) is 27.3 Å². The molecule has 0 saturated heterocycles. The molecule has 146 valence electrons. The molecular formula is C20H20Cl2N4O2. The maximum Gasteiger partial charge on any atom is 0.220 e. The number of carbonyl (C=O) groups excluding carboxylic acids is 1. The summed E-state index contributed by atoms with van der Waals surface area (Å²) in [6, 6.07) is 14.8. The summed E-state index contributed by atoms with van der Waals surface area (Å²) in [7, 11) is 0. The molecule has 1 atom stereocenters. The Labute approximate surface area is 173 Å². The smallest absolute Gasteiger partial charge is 0.220 e. The van der Waals surface area contributed by atoms with Crippen LogP contribution in [0.1, 0.15) is 24.4 Å². The van der Waals surface area contributed by atoms with E-state index in [0.29, 0.717) is 41.8 Å². The first-order chi connectivity index (χ1) is 13.6. The second-order valence-electron chi connectivity index (χ2n) is 6.15. The van der Waals surface area contributed by atoms with Crippen molar-refractivity contribution in [2.75, 3.05) is 6.61 Å². The first kappa shape index (κ1) is 20.2. The van der Waals surface area contributed by atoms with Gasteiger partial charge in [0, 0.05) is 6.42 Å². The average molecular weight is 419 g/mol. The van der Waals surface area contributed by atoms with Gasteiger partial charge in [0.15, 0.2) is 0 Å². The monoisotopic (exact) mass is 418 g/mol. The van der Waals surface area contributed by atoms with Gasteiger partial charge in [0.25, 0.3) is 0 Å². The molecule has 28 heavy (non-hydrogen) atoms. The normalized spacial score (nSPS) is 11.8. The maximum atomic E-state index is 12.4. The van der Waals surface area contributed by atoms with E-state index in [1.165, 1.54) is 6.33 Å². The number of halogens is 2. The van der Waals surface area contributed by atoms with E-state index in [2.05, 4.69) is 15.4 Å². The molecule has 1 N–H and O–H groups in total. The third-order valence-corrected chi connectivity index (χ3v) is 4.90. The molecule has 0 aliphatic heterocycles. The van der Waals surface area contributed by atoms with E-state index in [4.69, 9.17) is 27.9 Å². The number of nitrogens with one attached hydrogen (secondary N) is 1. The number of carbonyl (C=O) groups is 1. The van der Waals surface area contributed by atoms with Crippen molar-refractivity contribution < 1.29 is 9.53 Å². The highest BCUT2D eigenvalue weighted by molar-refractivity contribution is 6.42. The molecule has 1 unspecified atom stereocenters. The van der Waals surface area contributed by atoms with Gasteiger partial charge in [-0.05, 0) is 24.1 Å². The zero-order chi connectivity index (χ0) is 19.8. The minimum Gasteiger partial charge on any atom is -0.492 e. The van der Waals surface area contributed by atoms with Gasteiger partial charge in [0.2, 0.25) is 5.91 Å². The molecule has 1 heterocycles. The molecule has 8 heteroatoms. The van der Waals surface area contributed by atoms with Crippen LogP contribution in [0.4, 0.5) is 0 Å². The molecule has 0 aliphatic rings. The summed E-state index contributed by atoms with van der Waals surface area (Å²) < 4.78 is 7.32. The molecule has 0 radical (unpaired) electrons. The first-order valence-electron chi connectivity index (χ1n) is 8.87. The zero-order valence-electron chi connectivity index (χ0n) is 15.1. The Morgan fingerprint density at radius 3 is 2.71 bits per heavy atom. The first-order valence-corrected chi connectivity index (χ1v) is 9.62. The van der Waals surface area contributed by atoms with Crippen molar-refractivity contribution in [1.82, 2.24) is 20.1 Å². The van der Waals surface area contributed by atoms with Crippen LogP contribution in [0.3, 0.4) is 0 Å². The summed E-state index contributed by atoms with van der Waals surface area (Å²) >= 11 is 12.1. The summed E-state index contributed by atoms with van der Waals surface area (Å²) in [5, 5.41) is 8.01. The Morgan fingerprint density at radius 1 is 1.14 bits per heavy atom. The molecule has 0 saturated carbocycles. The second-order valence-corrected chi connectivity index (χ2v) is 6.94. The standard InChI is InChI=1S/C20H20Cl2N4O2/c21-16-8-4-9-18(20(16)22)28-11-5-10-19(27)25-17(12-26-14-23-13-24-26)15-6-2-1-3-7-15/h1-4,6-9,13-14,17H,5,10-12H2,(H,25,27). The molecule has 3 rings (SSSR count). The third kappa shape index (κ3) is 5.71. The van der Waals surface area contributed by atoms with Crippen molar-refractivity contribution in [3.8, 4) is 5.75 Å². The fourth-order valence-electron chi connectivity index (χ4n) is 2.71. The van der Waals surface area contributed by atoms with Gasteiger partial charge in [0.05, 0.1) is 24.2 Å². The van der Waals surface area contributed by atoms with Crippen molar-refractivity contribution >= 4 is 29.1 Å². The lowest BCUT2D eigenvalue weighted by molar-refractivity contribution is -0.122. The number of ether oxygens (including phenoxy) is 1. The minimum absolute atomic E-state index is 0.0604. The van der Waals surface area contributed by atoms with Crippen LogP contribution in [0.25, 0.3) is 0 Å². The predicted octanol–water partition coefficient (Wildman–Crippen LogP) is 4.30. The van der Waals surface area contributed by atoms with Crippen molar-refractivity contribution in [3.05, 3.63) is 76.8 Å². The lowest BCUT2D eigenvalue weighted by Gasteiger charge is -2.19. The Bertz CT molecular complexity index is 888. The van der Waals surface area contributed by atoms with Crippen LogP contribution in [0.15, 0.2) is 61.2 Å². The van der Waals surface area contributed by atoms with Crippen LogP contribution >= 0.6 is 23.2 Å². The summed E-state index contributed by atoms with van der Waals surface area (Å²) in [5.74, 6) is 0.456. The number of amides is 1. The molecule has 1 aromatic heterocycles. The van der Waals surface area contributed by atoms with Gasteiger partial charge in [-0.25, -0.2) is 4.98 Å². The van der Waals surface area contributed by atoms with E-state index in [1.807, 2.05) is 30.3 Å². The van der Waals surface area contributed by atoms with Crippen LogP contribution < -0.4 is 10.1 Å². The van der Waals surface area contributed by atoms with E-state index in [0.717, 1.165) is 5.56 Å². The highest BCUT2D eigenvalue weighted by Gasteiger charge is 2.15. The number of rotatable bonds is 9. The summed E-state index contributed by atoms with van der Waals surface area (Å²) in [4.78, 5) is 16.4. The number of nitrogens with zero attached hydrogens (tertiary/aromatic N) is 3. The molecule has 0 aliphatic carbocycles. The topological polar surface area (TPSA) is 69.0 Å². The SMILES string of the molecule is O=C(CCCOc1cccc(Cl)c1Cl)NC(Cn1cncn1)c1ccccc1. The number of hydrogen-bond donors (Lipinski definition) is 1. The van der Waals surface area contributed by atoms with Crippen LogP contribution in [0, 0.1) is 0 Å². The summed E-state index contributed by atoms with van der Waals surface area (Å²) in [6.07, 6.45) is 3.99. The van der Waals surface area contributed by atoms with Gasteiger partial charge in [-0.1, -0.05) is 59.6 Å². The highest BCUT2D eigenvalue weighted by atomic mass is 35.5. The maximum absolute atomic E-state index is 12.4. The van der Waals surface area contributed by atoms with E-state index >= 15 is 0 Å². The van der Waals surface area contributed by atoms with E-state index in [1.54, 1.807) is 29.2 Å². The van der Waals surface area contributed by atoms with Gasteiger partial charge in [-0.3, -0.25) is 9.48 Å². The fraction of sp³-hybridized carbons (Fsp3) is 0.250. The Balaban J connectivity index is 1.51. The van der Waals surface area contributed by atoms with Gasteiger partial charge >= 0.3 is 0 Å². The van der Waals surface area contributed by atoms with Gasteiger partial charge < -0.3 is 10.1 Å². The van der Waals surface area contributed by atoms with Crippen LogP contribution in [0.2, 0.25) is 10.0 Å². The van der Waals surface area contributed by atoms with Crippen molar-refractivity contribution in [1.29, 1.82) is 0 Å². The molecule has 6 nitrogen and oxygen atoms in total. The fourth-order valence-corrected chi connectivity index (χ4v) is 3.06. The van der Waals surface area contributed by atoms with Gasteiger partial charge in [-0.15, -0.1) is 0 Å². The average Bonchev–Trinajstić information content (AvgIpc) is 3.22. The van der Waals surface area contributed by atoms with Crippen molar-refractivity contribution in [3.63, 3.8) is 0 Å². The molecule has 3 aromatic rings. The van der Waals surface area contributed by atoms with Crippen LogP contribution in [-0.2, 0) is 11.3 Å². The number of benzene rings is 2. The second kappa shape index (κ2) is 10.1. The van der Waals surface area contributed by atoms with Gasteiger partial charge in [-0.2, -0.15) is 5.10 Å². The molecular weight excluding hydrogens is 399 g/mol. The van der Waals surface area contributed by atoms with Crippen molar-refractivity contribution in [2.45, 2.75) is 25.4 Å². The number of aromatic nitrogens is 3. The largest absolute Gasteiger partial charge is 0.492 e. The van der Waals surface area contributed by atoms with E-state index in [-0.39, 0.29) is 11.9 Å². The number of hydrogen-bond acceptors (Lipinski definition) is 4. The Morgan fingerprint density at radius 2 is 1.96 bits per heavy atom. The third-order valence-electron chi connectivity index (χ3n) is 4.10. The quantitative estimate of drug-likeness (QED) is 0.525. The highest BCUT2D eigenvalue weighted by Crippen LogP contribution is 2.31. The lowest BCUT2D eigenvalue weighted by Crippen LogP contribution is -2.31. The lowest BCUT2D eigenvalue weighted by atomic mass is 10.1. The molecule has 1 amide bonds. The van der Waals surface area contributed by atoms with E-state index in [9.17, 15) is 4.79 Å². The minimum atomic E-state index is -0.196. The molecule has 0 fully saturated rings. The molecule has 2 aromatic carbocycles. The molecule has 0 bridgehead atoms. The molecule has 0 spiro atoms. The Hall–Kier alpha value is -2.57. The predicted molar refractivity (Wildman–Crippen MR) is 109 cm³/mol. The zero-order valence-corrected chi connectivity index (χ0v) is 16.6. The van der Waals surface area contributed by atoms with Crippen molar-refractivity contribution in [2.24, 2.45) is 0 Å².